The molecular weight excluding hydrogens is 218 g/mol. The van der Waals surface area contributed by atoms with Gasteiger partial charge in [-0.3, -0.25) is 5.10 Å². The van der Waals surface area contributed by atoms with Crippen LogP contribution in [0.4, 0.5) is 5.82 Å². The quantitative estimate of drug-likeness (QED) is 0.844. The van der Waals surface area contributed by atoms with Crippen LogP contribution in [0.15, 0.2) is 24.3 Å². The molecule has 90 valence electrons. The molecule has 0 saturated carbocycles. The van der Waals surface area contributed by atoms with E-state index in [4.69, 9.17) is 15.2 Å². The van der Waals surface area contributed by atoms with Crippen LogP contribution in [-0.4, -0.2) is 24.4 Å². The van der Waals surface area contributed by atoms with Crippen LogP contribution in [0.3, 0.4) is 0 Å². The maximum atomic E-state index is 5.58. The van der Waals surface area contributed by atoms with Gasteiger partial charge in [-0.25, -0.2) is 0 Å². The maximum Gasteiger partial charge on any atom is 0.145 e. The third kappa shape index (κ3) is 2.57. The van der Waals surface area contributed by atoms with Crippen molar-refractivity contribution in [3.05, 3.63) is 29.8 Å². The molecule has 1 heterocycles. The van der Waals surface area contributed by atoms with Crippen molar-refractivity contribution in [3.8, 4) is 17.0 Å². The van der Waals surface area contributed by atoms with E-state index < -0.39 is 0 Å². The minimum absolute atomic E-state index is 0.469. The van der Waals surface area contributed by atoms with E-state index in [0.717, 1.165) is 22.6 Å². The fourth-order valence-electron chi connectivity index (χ4n) is 1.67. The molecule has 0 aliphatic heterocycles. The van der Waals surface area contributed by atoms with E-state index in [9.17, 15) is 0 Å². The summed E-state index contributed by atoms with van der Waals surface area (Å²) in [6.07, 6.45) is 0. The second-order valence-corrected chi connectivity index (χ2v) is 3.71. The van der Waals surface area contributed by atoms with Gasteiger partial charge < -0.3 is 15.2 Å². The lowest BCUT2D eigenvalue weighted by Crippen LogP contribution is -1.92. The molecule has 0 spiro atoms. The van der Waals surface area contributed by atoms with E-state index in [-0.39, 0.29) is 0 Å². The third-order valence-corrected chi connectivity index (χ3v) is 2.42. The molecule has 2 rings (SSSR count). The van der Waals surface area contributed by atoms with Crippen LogP contribution < -0.4 is 10.5 Å². The summed E-state index contributed by atoms with van der Waals surface area (Å²) in [4.78, 5) is 0. The molecule has 5 nitrogen and oxygen atoms in total. The first-order valence-corrected chi connectivity index (χ1v) is 5.21. The van der Waals surface area contributed by atoms with Gasteiger partial charge >= 0.3 is 0 Å². The number of aromatic amines is 1. The van der Waals surface area contributed by atoms with Gasteiger partial charge in [0.05, 0.1) is 19.4 Å². The normalized spacial score (nSPS) is 10.5. The molecule has 1 aromatic heterocycles. The van der Waals surface area contributed by atoms with Crippen LogP contribution in [-0.2, 0) is 11.3 Å². The molecule has 5 heteroatoms. The number of hydrogen-bond acceptors (Lipinski definition) is 4. The summed E-state index contributed by atoms with van der Waals surface area (Å²) in [5.41, 5.74) is 8.45. The van der Waals surface area contributed by atoms with Gasteiger partial charge in [-0.2, -0.15) is 5.10 Å². The molecule has 0 amide bonds. The molecule has 0 fully saturated rings. The van der Waals surface area contributed by atoms with Crippen molar-refractivity contribution in [2.75, 3.05) is 20.0 Å². The Balaban J connectivity index is 2.42. The summed E-state index contributed by atoms with van der Waals surface area (Å²) < 4.78 is 10.4. The highest BCUT2D eigenvalue weighted by molar-refractivity contribution is 5.64. The zero-order chi connectivity index (χ0) is 12.3. The van der Waals surface area contributed by atoms with E-state index in [2.05, 4.69) is 10.2 Å². The molecular formula is C12H15N3O2. The number of aromatic nitrogens is 2. The predicted octanol–water partition coefficient (Wildman–Crippen LogP) is 1.81. The first-order chi connectivity index (χ1) is 8.22. The lowest BCUT2D eigenvalue weighted by molar-refractivity contribution is 0.184. The van der Waals surface area contributed by atoms with E-state index in [0.29, 0.717) is 12.4 Å². The minimum atomic E-state index is 0.469. The van der Waals surface area contributed by atoms with Gasteiger partial charge in [0, 0.05) is 18.7 Å². The average molecular weight is 233 g/mol. The highest BCUT2D eigenvalue weighted by atomic mass is 16.5. The van der Waals surface area contributed by atoms with Gasteiger partial charge in [-0.1, -0.05) is 0 Å². The molecule has 0 radical (unpaired) electrons. The Labute approximate surface area is 99.5 Å². The highest BCUT2D eigenvalue weighted by Crippen LogP contribution is 2.25. The Morgan fingerprint density at radius 3 is 2.65 bits per heavy atom. The van der Waals surface area contributed by atoms with Crippen LogP contribution >= 0.6 is 0 Å². The Bertz CT molecular complexity index is 508. The molecule has 0 unspecified atom stereocenters. The number of methoxy groups -OCH3 is 2. The molecule has 0 bridgehead atoms. The van der Waals surface area contributed by atoms with Gasteiger partial charge in [0.15, 0.2) is 0 Å². The van der Waals surface area contributed by atoms with Gasteiger partial charge in [-0.15, -0.1) is 0 Å². The van der Waals surface area contributed by atoms with Gasteiger partial charge in [0.1, 0.15) is 11.6 Å². The molecule has 2 aromatic rings. The van der Waals surface area contributed by atoms with E-state index in [1.165, 1.54) is 0 Å². The molecule has 0 aliphatic rings. The number of hydrogen-bond donors (Lipinski definition) is 2. The Morgan fingerprint density at radius 2 is 2.06 bits per heavy atom. The lowest BCUT2D eigenvalue weighted by atomic mass is 10.1. The van der Waals surface area contributed by atoms with Crippen molar-refractivity contribution in [1.29, 1.82) is 0 Å². The van der Waals surface area contributed by atoms with Crippen molar-refractivity contribution in [2.24, 2.45) is 0 Å². The van der Waals surface area contributed by atoms with Crippen LogP contribution in [0.5, 0.6) is 5.75 Å². The largest absolute Gasteiger partial charge is 0.497 e. The first-order valence-electron chi connectivity index (χ1n) is 5.21. The fraction of sp³-hybridized carbons (Fsp3) is 0.250. The van der Waals surface area contributed by atoms with Crippen LogP contribution in [0.1, 0.15) is 5.56 Å². The predicted molar refractivity (Wildman–Crippen MR) is 65.7 cm³/mol. The minimum Gasteiger partial charge on any atom is -0.497 e. The third-order valence-electron chi connectivity index (χ3n) is 2.42. The Kier molecular flexibility index (Phi) is 3.30. The molecule has 3 N–H and O–H groups in total. The van der Waals surface area contributed by atoms with Crippen LogP contribution in [0, 0.1) is 0 Å². The van der Waals surface area contributed by atoms with E-state index in [1.54, 1.807) is 20.3 Å². The van der Waals surface area contributed by atoms with E-state index >= 15 is 0 Å². The summed E-state index contributed by atoms with van der Waals surface area (Å²) >= 11 is 0. The number of rotatable bonds is 4. The van der Waals surface area contributed by atoms with Crippen molar-refractivity contribution >= 4 is 5.82 Å². The number of anilines is 1. The topological polar surface area (TPSA) is 73.2 Å². The zero-order valence-electron chi connectivity index (χ0n) is 9.86. The lowest BCUT2D eigenvalue weighted by Gasteiger charge is -2.07. The molecule has 0 aliphatic carbocycles. The molecule has 0 atom stereocenters. The summed E-state index contributed by atoms with van der Waals surface area (Å²) in [5.74, 6) is 1.25. The Morgan fingerprint density at radius 1 is 1.24 bits per heavy atom. The molecule has 1 aromatic carbocycles. The monoisotopic (exact) mass is 233 g/mol. The van der Waals surface area contributed by atoms with Crippen LogP contribution in [0.2, 0.25) is 0 Å². The SMILES string of the molecule is COCc1cc(OC)cc(-c2cc(N)n[nH]2)c1. The van der Waals surface area contributed by atoms with Crippen molar-refractivity contribution < 1.29 is 9.47 Å². The van der Waals surface area contributed by atoms with Crippen molar-refractivity contribution in [2.45, 2.75) is 6.61 Å². The zero-order valence-corrected chi connectivity index (χ0v) is 9.86. The van der Waals surface area contributed by atoms with Gasteiger partial charge in [-0.05, 0) is 23.8 Å². The van der Waals surface area contributed by atoms with Crippen molar-refractivity contribution in [1.82, 2.24) is 10.2 Å². The summed E-state index contributed by atoms with van der Waals surface area (Å²) in [5, 5.41) is 6.78. The second-order valence-electron chi connectivity index (χ2n) is 3.71. The maximum absolute atomic E-state index is 5.58. The number of nitrogens with one attached hydrogen (secondary N) is 1. The number of nitrogens with two attached hydrogens (primary N) is 1. The van der Waals surface area contributed by atoms with Gasteiger partial charge in [0.2, 0.25) is 0 Å². The smallest absolute Gasteiger partial charge is 0.145 e. The highest BCUT2D eigenvalue weighted by Gasteiger charge is 2.06. The molecule has 0 saturated heterocycles. The number of nitrogen functional groups attached to an aromatic ring is 1. The molecule has 17 heavy (non-hydrogen) atoms. The summed E-state index contributed by atoms with van der Waals surface area (Å²) in [6, 6.07) is 7.66. The summed E-state index contributed by atoms with van der Waals surface area (Å²) in [6.45, 7) is 0.536. The summed E-state index contributed by atoms with van der Waals surface area (Å²) in [7, 11) is 3.30. The van der Waals surface area contributed by atoms with E-state index in [1.807, 2.05) is 18.2 Å². The fourth-order valence-corrected chi connectivity index (χ4v) is 1.67. The second kappa shape index (κ2) is 4.88. The standard InChI is InChI=1S/C12H15N3O2/c1-16-7-8-3-9(5-10(4-8)17-2)11-6-12(13)15-14-11/h3-6H,7H2,1-2H3,(H3,13,14,15). The Hall–Kier alpha value is -2.01. The average Bonchev–Trinajstić information content (AvgIpc) is 2.76. The first kappa shape index (κ1) is 11.5. The van der Waals surface area contributed by atoms with Crippen LogP contribution in [0.25, 0.3) is 11.3 Å². The number of benzene rings is 1. The number of H-pyrrole nitrogens is 1. The number of nitrogens with zero attached hydrogens (tertiary/aromatic N) is 1. The van der Waals surface area contributed by atoms with Crippen molar-refractivity contribution in [3.63, 3.8) is 0 Å². The number of ether oxygens (including phenoxy) is 2. The van der Waals surface area contributed by atoms with Gasteiger partial charge in [0.25, 0.3) is 0 Å².